The van der Waals surface area contributed by atoms with Gasteiger partial charge in [0.2, 0.25) is 0 Å². The van der Waals surface area contributed by atoms with Gasteiger partial charge >= 0.3 is 37.9 Å². The van der Waals surface area contributed by atoms with Crippen LogP contribution in [-0.2, 0) is 20.8 Å². The zero-order valence-corrected chi connectivity index (χ0v) is 11.3. The molecule has 1 rings (SSSR count). The number of hydrogen-bond acceptors (Lipinski definition) is 0. The van der Waals surface area contributed by atoms with Gasteiger partial charge in [0.25, 0.3) is 0 Å². The summed E-state index contributed by atoms with van der Waals surface area (Å²) in [6.07, 6.45) is 11.9. The van der Waals surface area contributed by atoms with Crippen molar-refractivity contribution in [3.8, 4) is 0 Å². The summed E-state index contributed by atoms with van der Waals surface area (Å²) in [5, 5.41) is 0. The summed E-state index contributed by atoms with van der Waals surface area (Å²) in [4.78, 5) is 0. The Kier molecular flexibility index (Phi) is 10.8. The monoisotopic (exact) mass is 282 g/mol. The molecule has 0 atom stereocenters. The normalized spacial score (nSPS) is 13.4. The summed E-state index contributed by atoms with van der Waals surface area (Å²) >= 11 is -0.826. The Morgan fingerprint density at radius 2 is 2.17 bits per heavy atom. The molecule has 0 bridgehead atoms. The van der Waals surface area contributed by atoms with E-state index < -0.39 is 20.8 Å². The Morgan fingerprint density at radius 1 is 1.50 bits per heavy atom. The fraction of sp³-hybridized carbons (Fsp3) is 0.556. The number of hydrogen-bond donors (Lipinski definition) is 0. The molecular weight excluding hydrogens is 270 g/mol. The summed E-state index contributed by atoms with van der Waals surface area (Å²) in [7, 11) is 9.87. The van der Waals surface area contributed by atoms with E-state index in [1.807, 2.05) is 0 Å². The molecule has 0 heterocycles. The Balaban J connectivity index is 0.000000354. The molecule has 0 aliphatic heterocycles. The van der Waals surface area contributed by atoms with Gasteiger partial charge in [0.15, 0.2) is 0 Å². The Labute approximate surface area is 93.7 Å². The third-order valence-corrected chi connectivity index (χ3v) is 1.67. The van der Waals surface area contributed by atoms with Crippen LogP contribution >= 0.6 is 17.0 Å². The van der Waals surface area contributed by atoms with Crippen molar-refractivity contribution in [2.45, 2.75) is 32.6 Å². The molecule has 12 heavy (non-hydrogen) atoms. The average molecular weight is 284 g/mol. The van der Waals surface area contributed by atoms with Crippen LogP contribution in [0.3, 0.4) is 0 Å². The maximum absolute atomic E-state index is 4.93. The third-order valence-electron chi connectivity index (χ3n) is 1.67. The van der Waals surface area contributed by atoms with E-state index in [0.717, 1.165) is 0 Å². The van der Waals surface area contributed by atoms with E-state index >= 15 is 0 Å². The average Bonchev–Trinajstić information content (AvgIpc) is 2.54. The van der Waals surface area contributed by atoms with Gasteiger partial charge < -0.3 is 0 Å². The Hall–Kier alpha value is 0.943. The van der Waals surface area contributed by atoms with Gasteiger partial charge in [-0.05, 0) is 19.3 Å². The van der Waals surface area contributed by atoms with Crippen LogP contribution in [0.5, 0.6) is 0 Å². The molecule has 0 saturated carbocycles. The first kappa shape index (κ1) is 12.9. The molecule has 0 amide bonds. The van der Waals surface area contributed by atoms with E-state index in [9.17, 15) is 0 Å². The van der Waals surface area contributed by atoms with Crippen LogP contribution in [0.1, 0.15) is 32.6 Å². The summed E-state index contributed by atoms with van der Waals surface area (Å²) in [5.74, 6) is 0. The first-order valence-corrected chi connectivity index (χ1v) is 10.5. The standard InChI is InChI=1S/C9H14.2ClH.Zr/c1-2-3-6-9-7-4-5-8-9;;;/h4,7-8H,2-3,5-6H2,1H3;2*1H;/q;;;+2/p-2. The minimum absolute atomic E-state index is 0.826. The summed E-state index contributed by atoms with van der Waals surface area (Å²) in [5.41, 5.74) is 1.54. The van der Waals surface area contributed by atoms with Gasteiger partial charge in [0, 0.05) is 0 Å². The maximum atomic E-state index is 4.93. The molecule has 1 aliphatic carbocycles. The van der Waals surface area contributed by atoms with Crippen molar-refractivity contribution in [2.75, 3.05) is 0 Å². The van der Waals surface area contributed by atoms with Crippen molar-refractivity contribution in [1.29, 1.82) is 0 Å². The van der Waals surface area contributed by atoms with Gasteiger partial charge in [-0.3, -0.25) is 0 Å². The molecule has 0 nitrogen and oxygen atoms in total. The predicted molar refractivity (Wildman–Crippen MR) is 53.1 cm³/mol. The summed E-state index contributed by atoms with van der Waals surface area (Å²) in [6, 6.07) is 0. The molecule has 0 aromatic carbocycles. The van der Waals surface area contributed by atoms with Crippen molar-refractivity contribution in [1.82, 2.24) is 0 Å². The van der Waals surface area contributed by atoms with Gasteiger partial charge in [0.1, 0.15) is 0 Å². The summed E-state index contributed by atoms with van der Waals surface area (Å²) in [6.45, 7) is 2.24. The molecule has 0 aromatic rings. The van der Waals surface area contributed by atoms with E-state index in [2.05, 4.69) is 25.2 Å². The van der Waals surface area contributed by atoms with Crippen molar-refractivity contribution in [3.63, 3.8) is 0 Å². The molecule has 3 heteroatoms. The number of unbranched alkanes of at least 4 members (excludes halogenated alkanes) is 1. The van der Waals surface area contributed by atoms with Gasteiger partial charge in [-0.15, -0.1) is 0 Å². The van der Waals surface area contributed by atoms with E-state index in [1.54, 1.807) is 0 Å². The number of rotatable bonds is 3. The van der Waals surface area contributed by atoms with Crippen LogP contribution < -0.4 is 0 Å². The number of halogens is 2. The zero-order valence-electron chi connectivity index (χ0n) is 7.32. The van der Waals surface area contributed by atoms with Gasteiger partial charge in [-0.2, -0.15) is 0 Å². The predicted octanol–water partition coefficient (Wildman–Crippen LogP) is 4.44. The Bertz CT molecular complexity index is 153. The van der Waals surface area contributed by atoms with Crippen LogP contribution in [0.25, 0.3) is 0 Å². The SMILES string of the molecule is CCCCC1=CCC=C1.[Cl][Zr][Cl]. The van der Waals surface area contributed by atoms with Crippen LogP contribution in [0.4, 0.5) is 0 Å². The van der Waals surface area contributed by atoms with Crippen molar-refractivity contribution >= 4 is 17.0 Å². The number of allylic oxidation sites excluding steroid dienone is 4. The zero-order chi connectivity index (χ0) is 9.23. The molecule has 1 aliphatic rings. The second kappa shape index (κ2) is 10.0. The topological polar surface area (TPSA) is 0 Å². The molecule has 0 unspecified atom stereocenters. The van der Waals surface area contributed by atoms with Crippen LogP contribution in [-0.4, -0.2) is 0 Å². The second-order valence-electron chi connectivity index (χ2n) is 2.59. The van der Waals surface area contributed by atoms with Crippen molar-refractivity contribution < 1.29 is 20.8 Å². The van der Waals surface area contributed by atoms with Gasteiger partial charge in [-0.25, -0.2) is 0 Å². The van der Waals surface area contributed by atoms with Crippen molar-refractivity contribution in [2.24, 2.45) is 0 Å². The Morgan fingerprint density at radius 3 is 2.58 bits per heavy atom. The molecule has 0 fully saturated rings. The van der Waals surface area contributed by atoms with E-state index in [4.69, 9.17) is 17.0 Å². The first-order valence-electron chi connectivity index (χ1n) is 4.17. The van der Waals surface area contributed by atoms with Crippen LogP contribution in [0.2, 0.25) is 0 Å². The van der Waals surface area contributed by atoms with E-state index in [0.29, 0.717) is 0 Å². The summed E-state index contributed by atoms with van der Waals surface area (Å²) < 4.78 is 0. The van der Waals surface area contributed by atoms with Crippen molar-refractivity contribution in [3.05, 3.63) is 23.8 Å². The molecular formula is C9H14Cl2Zr. The molecule has 0 aromatic heterocycles. The minimum atomic E-state index is -0.826. The molecule has 0 N–H and O–H groups in total. The molecule has 0 radical (unpaired) electrons. The van der Waals surface area contributed by atoms with Gasteiger partial charge in [-0.1, -0.05) is 37.1 Å². The molecule has 0 saturated heterocycles. The molecule has 0 spiro atoms. The fourth-order valence-electron chi connectivity index (χ4n) is 1.07. The van der Waals surface area contributed by atoms with Crippen LogP contribution in [0, 0.1) is 0 Å². The third kappa shape index (κ3) is 7.58. The molecule has 68 valence electrons. The second-order valence-corrected chi connectivity index (χ2v) is 6.32. The fourth-order valence-corrected chi connectivity index (χ4v) is 1.07. The van der Waals surface area contributed by atoms with E-state index in [1.165, 1.54) is 31.3 Å². The van der Waals surface area contributed by atoms with Gasteiger partial charge in [0.05, 0.1) is 0 Å². The van der Waals surface area contributed by atoms with E-state index in [-0.39, 0.29) is 0 Å². The first-order chi connectivity index (χ1) is 5.85. The quantitative estimate of drug-likeness (QED) is 0.718. The van der Waals surface area contributed by atoms with Crippen LogP contribution in [0.15, 0.2) is 23.8 Å².